The van der Waals surface area contributed by atoms with Crippen LogP contribution in [0.1, 0.15) is 24.1 Å². The first-order valence-corrected chi connectivity index (χ1v) is 6.23. The molecular weight excluding hydrogens is 250 g/mol. The Morgan fingerprint density at radius 2 is 2.22 bits per heavy atom. The molecule has 0 radical (unpaired) electrons. The lowest BCUT2D eigenvalue weighted by Gasteiger charge is -2.24. The van der Waals surface area contributed by atoms with Crippen LogP contribution in [0, 0.1) is 0 Å². The molecule has 0 bridgehead atoms. The number of rotatable bonds is 5. The lowest BCUT2D eigenvalue weighted by molar-refractivity contribution is -0.129. The fourth-order valence-corrected chi connectivity index (χ4v) is 1.91. The Labute approximate surface area is 113 Å². The molecule has 1 atom stereocenters. The average Bonchev–Trinajstić information content (AvgIpc) is 2.37. The van der Waals surface area contributed by atoms with E-state index < -0.39 is 5.97 Å². The Balaban J connectivity index is 3.24. The highest BCUT2D eigenvalue weighted by Gasteiger charge is 2.18. The van der Waals surface area contributed by atoms with Gasteiger partial charge in [0.2, 0.25) is 0 Å². The van der Waals surface area contributed by atoms with Crippen LogP contribution < -0.4 is 4.74 Å². The highest BCUT2D eigenvalue weighted by Crippen LogP contribution is 2.32. The van der Waals surface area contributed by atoms with Gasteiger partial charge in [-0.15, -0.1) is 11.6 Å². The van der Waals surface area contributed by atoms with Crippen LogP contribution in [-0.4, -0.2) is 25.0 Å². The van der Waals surface area contributed by atoms with Crippen molar-refractivity contribution in [3.05, 3.63) is 42.0 Å². The molecule has 1 unspecified atom stereocenters. The molecule has 0 aromatic heterocycles. The van der Waals surface area contributed by atoms with Gasteiger partial charge in [-0.1, -0.05) is 18.7 Å². The molecule has 0 saturated heterocycles. The molecule has 1 aromatic carbocycles. The Hall–Kier alpha value is -1.32. The van der Waals surface area contributed by atoms with Crippen molar-refractivity contribution in [2.24, 2.45) is 0 Å². The fraction of sp³-hybridized carbons (Fsp3) is 0.357. The summed E-state index contributed by atoms with van der Waals surface area (Å²) in [7, 11) is 3.93. The number of hydrogen-bond donors (Lipinski definition) is 0. The predicted octanol–water partition coefficient (Wildman–Crippen LogP) is 3.14. The molecule has 0 N–H and O–H groups in total. The summed E-state index contributed by atoms with van der Waals surface area (Å²) >= 11 is 5.94. The van der Waals surface area contributed by atoms with Crippen molar-refractivity contribution in [2.45, 2.75) is 18.8 Å². The Kier molecular flexibility index (Phi) is 5.38. The van der Waals surface area contributed by atoms with Gasteiger partial charge in [-0.3, -0.25) is 0 Å². The van der Waals surface area contributed by atoms with E-state index in [1.54, 1.807) is 6.07 Å². The molecule has 0 fully saturated rings. The molecule has 1 rings (SSSR count). The van der Waals surface area contributed by atoms with Crippen LogP contribution in [0.25, 0.3) is 0 Å². The predicted molar refractivity (Wildman–Crippen MR) is 73.9 cm³/mol. The van der Waals surface area contributed by atoms with Crippen molar-refractivity contribution in [2.75, 3.05) is 14.1 Å². The van der Waals surface area contributed by atoms with Gasteiger partial charge < -0.3 is 9.64 Å². The average molecular weight is 268 g/mol. The summed E-state index contributed by atoms with van der Waals surface area (Å²) in [5.41, 5.74) is 1.90. The summed E-state index contributed by atoms with van der Waals surface area (Å²) in [5, 5.41) is 0. The third-order valence-corrected chi connectivity index (χ3v) is 3.16. The third kappa shape index (κ3) is 3.34. The van der Waals surface area contributed by atoms with E-state index in [0.717, 1.165) is 17.2 Å². The maximum Gasteiger partial charge on any atom is 0.335 e. The second-order valence-electron chi connectivity index (χ2n) is 4.23. The Morgan fingerprint density at radius 3 is 2.72 bits per heavy atom. The molecular formula is C14H18ClNO2. The Bertz CT molecular complexity index is 443. The van der Waals surface area contributed by atoms with E-state index in [-0.39, 0.29) is 6.04 Å². The van der Waals surface area contributed by atoms with Crippen LogP contribution in [0.3, 0.4) is 0 Å². The number of carbonyl (C=O) groups excluding carboxylic acids is 1. The van der Waals surface area contributed by atoms with Crippen LogP contribution in [-0.2, 0) is 10.7 Å². The summed E-state index contributed by atoms with van der Waals surface area (Å²) in [6.45, 7) is 5.44. The first kappa shape index (κ1) is 14.7. The van der Waals surface area contributed by atoms with Crippen molar-refractivity contribution >= 4 is 17.6 Å². The van der Waals surface area contributed by atoms with Crippen molar-refractivity contribution in [3.8, 4) is 5.75 Å². The molecule has 0 heterocycles. The minimum atomic E-state index is -0.464. The topological polar surface area (TPSA) is 29.5 Å². The molecule has 0 saturated carbocycles. The Morgan fingerprint density at radius 1 is 1.56 bits per heavy atom. The summed E-state index contributed by atoms with van der Waals surface area (Å²) in [6.07, 6.45) is 1.15. The molecule has 4 heteroatoms. The third-order valence-electron chi connectivity index (χ3n) is 2.87. The largest absolute Gasteiger partial charge is 0.423 e. The van der Waals surface area contributed by atoms with E-state index in [2.05, 4.69) is 6.58 Å². The summed E-state index contributed by atoms with van der Waals surface area (Å²) in [4.78, 5) is 13.4. The van der Waals surface area contributed by atoms with Crippen LogP contribution >= 0.6 is 11.6 Å². The maximum absolute atomic E-state index is 11.3. The van der Waals surface area contributed by atoms with Gasteiger partial charge in [0.05, 0.1) is 0 Å². The smallest absolute Gasteiger partial charge is 0.335 e. The number of benzene rings is 1. The number of nitrogens with zero attached hydrogens (tertiary/aromatic N) is 1. The van der Waals surface area contributed by atoms with E-state index in [0.29, 0.717) is 11.6 Å². The van der Waals surface area contributed by atoms with Gasteiger partial charge in [0.15, 0.2) is 0 Å². The minimum Gasteiger partial charge on any atom is -0.423 e. The standard InChI is InChI=1S/C14H18ClNO2/c1-5-13(17)18-12-8-6-7-11(9-15)14(12)10(2)16(3)4/h5-8,10H,1,9H2,2-4H3. The number of alkyl halides is 1. The molecule has 0 amide bonds. The summed E-state index contributed by atoms with van der Waals surface area (Å²) < 4.78 is 5.27. The van der Waals surface area contributed by atoms with Gasteiger partial charge in [0.25, 0.3) is 0 Å². The van der Waals surface area contributed by atoms with E-state index in [4.69, 9.17) is 16.3 Å². The van der Waals surface area contributed by atoms with Crippen molar-refractivity contribution in [1.29, 1.82) is 0 Å². The minimum absolute atomic E-state index is 0.104. The highest BCUT2D eigenvalue weighted by atomic mass is 35.5. The quantitative estimate of drug-likeness (QED) is 0.355. The SMILES string of the molecule is C=CC(=O)Oc1cccc(CCl)c1C(C)N(C)C. The number of carbonyl (C=O) groups is 1. The van der Waals surface area contributed by atoms with E-state index in [1.807, 2.05) is 38.1 Å². The number of esters is 1. The van der Waals surface area contributed by atoms with Gasteiger partial charge in [0.1, 0.15) is 5.75 Å². The molecule has 18 heavy (non-hydrogen) atoms. The fourth-order valence-electron chi connectivity index (χ4n) is 1.68. The zero-order chi connectivity index (χ0) is 13.7. The van der Waals surface area contributed by atoms with Crippen LogP contribution in [0.4, 0.5) is 0 Å². The van der Waals surface area contributed by atoms with E-state index in [9.17, 15) is 4.79 Å². The first-order chi connectivity index (χ1) is 8.51. The second-order valence-corrected chi connectivity index (χ2v) is 4.49. The van der Waals surface area contributed by atoms with Gasteiger partial charge in [0, 0.05) is 23.6 Å². The molecule has 0 aliphatic carbocycles. The van der Waals surface area contributed by atoms with Crippen molar-refractivity contribution in [1.82, 2.24) is 4.90 Å². The second kappa shape index (κ2) is 6.57. The highest BCUT2D eigenvalue weighted by molar-refractivity contribution is 6.17. The summed E-state index contributed by atoms with van der Waals surface area (Å²) in [6, 6.07) is 5.64. The van der Waals surface area contributed by atoms with Crippen LogP contribution in [0.5, 0.6) is 5.75 Å². The number of ether oxygens (including phenoxy) is 1. The first-order valence-electron chi connectivity index (χ1n) is 5.69. The summed E-state index contributed by atoms with van der Waals surface area (Å²) in [5.74, 6) is 0.459. The molecule has 98 valence electrons. The zero-order valence-electron chi connectivity index (χ0n) is 10.9. The molecule has 1 aromatic rings. The normalized spacial score (nSPS) is 12.3. The van der Waals surface area contributed by atoms with Crippen molar-refractivity contribution < 1.29 is 9.53 Å². The van der Waals surface area contributed by atoms with Crippen molar-refractivity contribution in [3.63, 3.8) is 0 Å². The van der Waals surface area contributed by atoms with Crippen LogP contribution in [0.15, 0.2) is 30.9 Å². The molecule has 0 spiro atoms. The van der Waals surface area contributed by atoms with Gasteiger partial charge >= 0.3 is 5.97 Å². The lowest BCUT2D eigenvalue weighted by Crippen LogP contribution is -2.19. The van der Waals surface area contributed by atoms with Gasteiger partial charge in [-0.2, -0.15) is 0 Å². The zero-order valence-corrected chi connectivity index (χ0v) is 11.7. The monoisotopic (exact) mass is 267 g/mol. The number of hydrogen-bond acceptors (Lipinski definition) is 3. The molecule has 0 aliphatic heterocycles. The van der Waals surface area contributed by atoms with Gasteiger partial charge in [-0.25, -0.2) is 4.79 Å². The van der Waals surface area contributed by atoms with E-state index in [1.165, 1.54) is 0 Å². The number of halogens is 1. The maximum atomic E-state index is 11.3. The van der Waals surface area contributed by atoms with Gasteiger partial charge in [-0.05, 0) is 32.6 Å². The molecule has 3 nitrogen and oxygen atoms in total. The van der Waals surface area contributed by atoms with Crippen LogP contribution in [0.2, 0.25) is 0 Å². The van der Waals surface area contributed by atoms with E-state index >= 15 is 0 Å². The molecule has 0 aliphatic rings. The lowest BCUT2D eigenvalue weighted by atomic mass is 10.0.